The molecule has 0 unspecified atom stereocenters. The quantitative estimate of drug-likeness (QED) is 0.185. The summed E-state index contributed by atoms with van der Waals surface area (Å²) in [5, 5.41) is 0.763. The third-order valence-corrected chi connectivity index (χ3v) is 5.76. The van der Waals surface area contributed by atoms with Crippen LogP contribution in [0, 0.1) is 0 Å². The predicted molar refractivity (Wildman–Crippen MR) is 80.9 cm³/mol. The number of carbonyl (C=O) groups is 2. The van der Waals surface area contributed by atoms with Gasteiger partial charge in [-0.1, -0.05) is 5.11 Å². The summed E-state index contributed by atoms with van der Waals surface area (Å²) in [6.45, 7) is 4.56. The fourth-order valence-electron chi connectivity index (χ4n) is 2.38. The SMILES string of the molecule is CC(C)(C)OC(=O)C1=C(CN=[N+]=[N-])CS(=O)(=O)[C@@H]2[C@@H](Cl)C(=O)N12. The van der Waals surface area contributed by atoms with E-state index in [4.69, 9.17) is 21.9 Å². The van der Waals surface area contributed by atoms with E-state index in [9.17, 15) is 18.0 Å². The van der Waals surface area contributed by atoms with E-state index in [2.05, 4.69) is 10.0 Å². The van der Waals surface area contributed by atoms with Gasteiger partial charge in [-0.2, -0.15) is 0 Å². The van der Waals surface area contributed by atoms with Crippen molar-refractivity contribution in [1.29, 1.82) is 0 Å². The van der Waals surface area contributed by atoms with Crippen LogP contribution in [0.1, 0.15) is 20.8 Å². The molecule has 0 aromatic carbocycles. The van der Waals surface area contributed by atoms with Crippen LogP contribution in [0.3, 0.4) is 0 Å². The van der Waals surface area contributed by atoms with E-state index in [0.717, 1.165) is 4.90 Å². The fourth-order valence-corrected chi connectivity index (χ4v) is 4.97. The maximum Gasteiger partial charge on any atom is 0.355 e. The summed E-state index contributed by atoms with van der Waals surface area (Å²) in [6, 6.07) is 0. The van der Waals surface area contributed by atoms with Gasteiger partial charge in [0.15, 0.2) is 15.2 Å². The fraction of sp³-hybridized carbons (Fsp3) is 0.667. The van der Waals surface area contributed by atoms with Crippen LogP contribution in [0.15, 0.2) is 16.4 Å². The second-order valence-electron chi connectivity index (χ2n) is 6.15. The Labute approximate surface area is 137 Å². The van der Waals surface area contributed by atoms with Crippen molar-refractivity contribution >= 4 is 33.3 Å². The van der Waals surface area contributed by atoms with E-state index in [0.29, 0.717) is 0 Å². The standard InChI is InChI=1S/C12H15ClN4O5S/c1-12(2,3)22-11(19)8-6(4-15-16-14)5-23(20,21)10-7(13)9(18)17(8)10/h7,10H,4-5H2,1-3H3/t7-,10+/m0/s1. The molecule has 2 aliphatic heterocycles. The van der Waals surface area contributed by atoms with Crippen LogP contribution in [0.5, 0.6) is 0 Å². The van der Waals surface area contributed by atoms with Gasteiger partial charge in [0.2, 0.25) is 5.91 Å². The Morgan fingerprint density at radius 2 is 2.13 bits per heavy atom. The molecular formula is C12H15ClN4O5S. The number of fused-ring (bicyclic) bond motifs is 1. The zero-order valence-electron chi connectivity index (χ0n) is 12.7. The summed E-state index contributed by atoms with van der Waals surface area (Å²) >= 11 is 5.79. The van der Waals surface area contributed by atoms with E-state index >= 15 is 0 Å². The summed E-state index contributed by atoms with van der Waals surface area (Å²) in [4.78, 5) is 27.7. The Kier molecular flexibility index (Phi) is 4.36. The average molecular weight is 363 g/mol. The van der Waals surface area contributed by atoms with Crippen LogP contribution in [0.2, 0.25) is 0 Å². The molecule has 1 saturated heterocycles. The second kappa shape index (κ2) is 5.70. The number of sulfone groups is 1. The van der Waals surface area contributed by atoms with Gasteiger partial charge < -0.3 is 4.74 Å². The Morgan fingerprint density at radius 1 is 1.52 bits per heavy atom. The lowest BCUT2D eigenvalue weighted by molar-refractivity contribution is -0.157. The van der Waals surface area contributed by atoms with Gasteiger partial charge in [0, 0.05) is 4.91 Å². The summed E-state index contributed by atoms with van der Waals surface area (Å²) in [6.07, 6.45) is 0. The molecule has 0 radical (unpaired) electrons. The summed E-state index contributed by atoms with van der Waals surface area (Å²) in [7, 11) is -3.77. The molecule has 0 aromatic heterocycles. The minimum Gasteiger partial charge on any atom is -0.455 e. The number of amides is 1. The molecule has 2 atom stereocenters. The van der Waals surface area contributed by atoms with E-state index in [-0.39, 0.29) is 17.8 Å². The van der Waals surface area contributed by atoms with Crippen molar-refractivity contribution in [1.82, 2.24) is 4.90 Å². The number of carbonyl (C=O) groups excluding carboxylic acids is 2. The summed E-state index contributed by atoms with van der Waals surface area (Å²) < 4.78 is 29.7. The second-order valence-corrected chi connectivity index (χ2v) is 8.72. The van der Waals surface area contributed by atoms with Gasteiger partial charge in [0.1, 0.15) is 16.7 Å². The van der Waals surface area contributed by atoms with Gasteiger partial charge in [-0.3, -0.25) is 9.69 Å². The highest BCUT2D eigenvalue weighted by Crippen LogP contribution is 2.40. The largest absolute Gasteiger partial charge is 0.455 e. The summed E-state index contributed by atoms with van der Waals surface area (Å²) in [5.74, 6) is -2.06. The molecule has 23 heavy (non-hydrogen) atoms. The molecule has 0 aromatic rings. The smallest absolute Gasteiger partial charge is 0.355 e. The molecule has 0 spiro atoms. The minimum absolute atomic E-state index is 0.0187. The normalized spacial score (nSPS) is 26.1. The van der Waals surface area contributed by atoms with Crippen molar-refractivity contribution < 1.29 is 22.7 Å². The number of esters is 1. The molecule has 0 aliphatic carbocycles. The monoisotopic (exact) mass is 362 g/mol. The number of rotatable bonds is 3. The first-order chi connectivity index (χ1) is 10.5. The number of ether oxygens (including phenoxy) is 1. The third-order valence-electron chi connectivity index (χ3n) is 3.21. The maximum atomic E-state index is 12.4. The molecule has 126 valence electrons. The highest BCUT2D eigenvalue weighted by atomic mass is 35.5. The number of hydrogen-bond donors (Lipinski definition) is 0. The molecule has 11 heteroatoms. The van der Waals surface area contributed by atoms with E-state index in [1.54, 1.807) is 20.8 Å². The Morgan fingerprint density at radius 3 is 2.65 bits per heavy atom. The van der Waals surface area contributed by atoms with E-state index < -0.39 is 43.8 Å². The number of nitrogens with zero attached hydrogens (tertiary/aromatic N) is 4. The average Bonchev–Trinajstić information content (AvgIpc) is 2.40. The number of hydrogen-bond acceptors (Lipinski definition) is 6. The lowest BCUT2D eigenvalue weighted by Gasteiger charge is -2.47. The van der Waals surface area contributed by atoms with Crippen LogP contribution in [0.25, 0.3) is 10.4 Å². The molecule has 0 N–H and O–H groups in total. The Hall–Kier alpha value is -1.77. The zero-order valence-corrected chi connectivity index (χ0v) is 14.3. The van der Waals surface area contributed by atoms with Crippen molar-refractivity contribution in [3.05, 3.63) is 21.7 Å². The van der Waals surface area contributed by atoms with Gasteiger partial charge in [0.05, 0.1) is 12.3 Å². The van der Waals surface area contributed by atoms with Crippen molar-refractivity contribution in [2.45, 2.75) is 37.1 Å². The molecule has 9 nitrogen and oxygen atoms in total. The maximum absolute atomic E-state index is 12.4. The first-order valence-corrected chi connectivity index (χ1v) is 8.80. The van der Waals surface area contributed by atoms with Crippen LogP contribution in [-0.4, -0.2) is 53.8 Å². The molecule has 0 saturated carbocycles. The Bertz CT molecular complexity index is 748. The molecule has 1 fully saturated rings. The van der Waals surface area contributed by atoms with Crippen molar-refractivity contribution in [3.8, 4) is 0 Å². The van der Waals surface area contributed by atoms with Crippen molar-refractivity contribution in [2.75, 3.05) is 12.3 Å². The predicted octanol–water partition coefficient (Wildman–Crippen LogP) is 1.10. The number of alkyl halides is 1. The first kappa shape index (κ1) is 17.6. The number of halogens is 1. The van der Waals surface area contributed by atoms with E-state index in [1.165, 1.54) is 0 Å². The highest BCUT2D eigenvalue weighted by Gasteiger charge is 2.59. The molecule has 2 rings (SSSR count). The molecular weight excluding hydrogens is 348 g/mol. The van der Waals surface area contributed by atoms with Crippen molar-refractivity contribution in [2.24, 2.45) is 5.11 Å². The van der Waals surface area contributed by atoms with Crippen LogP contribution < -0.4 is 0 Å². The lowest BCUT2D eigenvalue weighted by atomic mass is 10.1. The van der Waals surface area contributed by atoms with Gasteiger partial charge in [0.25, 0.3) is 0 Å². The molecule has 2 aliphatic rings. The molecule has 1 amide bonds. The third kappa shape index (κ3) is 3.15. The summed E-state index contributed by atoms with van der Waals surface area (Å²) in [5.41, 5.74) is 7.41. The minimum atomic E-state index is -3.77. The zero-order chi connectivity index (χ0) is 17.6. The van der Waals surface area contributed by atoms with Crippen LogP contribution >= 0.6 is 11.6 Å². The van der Waals surface area contributed by atoms with Gasteiger partial charge >= 0.3 is 5.97 Å². The van der Waals surface area contributed by atoms with Gasteiger partial charge in [-0.25, -0.2) is 13.2 Å². The van der Waals surface area contributed by atoms with Gasteiger partial charge in [-0.05, 0) is 31.9 Å². The van der Waals surface area contributed by atoms with Crippen LogP contribution in [0.4, 0.5) is 0 Å². The highest BCUT2D eigenvalue weighted by molar-refractivity contribution is 7.92. The van der Waals surface area contributed by atoms with E-state index in [1.807, 2.05) is 0 Å². The molecule has 0 bridgehead atoms. The first-order valence-electron chi connectivity index (χ1n) is 6.64. The topological polar surface area (TPSA) is 130 Å². The number of azide groups is 1. The lowest BCUT2D eigenvalue weighted by Crippen LogP contribution is -2.68. The van der Waals surface area contributed by atoms with Gasteiger partial charge in [-0.15, -0.1) is 11.6 Å². The molecule has 2 heterocycles. The van der Waals surface area contributed by atoms with Crippen molar-refractivity contribution in [3.63, 3.8) is 0 Å². The van der Waals surface area contributed by atoms with Crippen LogP contribution in [-0.2, 0) is 24.2 Å². The Balaban J connectivity index is 2.53. The number of β-lactam (4-membered cyclic amide) rings is 1.